The average molecular weight is 386 g/mol. The molecule has 10 heteroatoms. The zero-order valence-corrected chi connectivity index (χ0v) is 15.3. The quantitative estimate of drug-likeness (QED) is 0.494. The van der Waals surface area contributed by atoms with Crippen molar-refractivity contribution in [2.75, 3.05) is 6.54 Å². The van der Waals surface area contributed by atoms with E-state index in [0.29, 0.717) is 5.69 Å². The van der Waals surface area contributed by atoms with Gasteiger partial charge in [-0.25, -0.2) is 4.79 Å². The highest BCUT2D eigenvalue weighted by atomic mass is 16.5. The highest BCUT2D eigenvalue weighted by Gasteiger charge is 2.42. The normalized spacial score (nSPS) is 24.9. The molecule has 1 saturated heterocycles. The molecule has 5 N–H and O–H groups in total. The number of aliphatic hydroxyl groups is 1. The second-order valence-electron chi connectivity index (χ2n) is 6.89. The number of aromatic nitrogens is 4. The molecule has 10 nitrogen and oxygen atoms in total. The molecular formula is C18H22N6O4. The molecule has 0 radical (unpaired) electrons. The Morgan fingerprint density at radius 2 is 2.00 bits per heavy atom. The molecule has 0 aliphatic carbocycles. The average Bonchev–Trinajstić information content (AvgIpc) is 3.16. The first-order valence-electron chi connectivity index (χ1n) is 8.94. The third kappa shape index (κ3) is 2.87. The zero-order valence-electron chi connectivity index (χ0n) is 15.3. The molecule has 148 valence electrons. The number of hydrogen-bond donors (Lipinski definition) is 3. The lowest BCUT2D eigenvalue weighted by Gasteiger charge is -2.18. The molecule has 1 fully saturated rings. The summed E-state index contributed by atoms with van der Waals surface area (Å²) in [4.78, 5) is 25.4. The van der Waals surface area contributed by atoms with Gasteiger partial charge < -0.3 is 21.3 Å². The minimum absolute atomic E-state index is 0.00491. The number of nitrogens with zero attached hydrogens (tertiary/aromatic N) is 4. The molecule has 3 aromatic rings. The fourth-order valence-corrected chi connectivity index (χ4v) is 3.63. The summed E-state index contributed by atoms with van der Waals surface area (Å²) in [6.07, 6.45) is -1.40. The molecule has 1 aliphatic rings. The monoisotopic (exact) mass is 386 g/mol. The van der Waals surface area contributed by atoms with Crippen molar-refractivity contribution in [3.63, 3.8) is 0 Å². The van der Waals surface area contributed by atoms with E-state index in [1.165, 1.54) is 16.8 Å². The lowest BCUT2D eigenvalue weighted by molar-refractivity contribution is -0.0379. The van der Waals surface area contributed by atoms with E-state index in [1.54, 1.807) is 11.7 Å². The van der Waals surface area contributed by atoms with E-state index in [-0.39, 0.29) is 13.1 Å². The molecule has 0 amide bonds. The summed E-state index contributed by atoms with van der Waals surface area (Å²) in [6.45, 7) is 0.109. The Kier molecular flexibility index (Phi) is 4.63. The van der Waals surface area contributed by atoms with Crippen molar-refractivity contribution in [2.24, 2.45) is 18.5 Å². The van der Waals surface area contributed by atoms with Crippen LogP contribution in [0.5, 0.6) is 0 Å². The van der Waals surface area contributed by atoms with Crippen LogP contribution in [0.1, 0.15) is 11.9 Å². The Hall–Kier alpha value is -2.79. The third-order valence-electron chi connectivity index (χ3n) is 5.17. The highest BCUT2D eigenvalue weighted by Crippen LogP contribution is 2.26. The molecule has 0 saturated carbocycles. The fraction of sp³-hybridized carbons (Fsp3) is 0.389. The maximum absolute atomic E-state index is 13.0. The number of hydrogen-bond acceptors (Lipinski definition) is 7. The van der Waals surface area contributed by atoms with Crippen LogP contribution in [0, 0.1) is 0 Å². The van der Waals surface area contributed by atoms with Crippen LogP contribution >= 0.6 is 0 Å². The predicted octanol–water partition coefficient (Wildman–Crippen LogP) is -1.51. The van der Waals surface area contributed by atoms with Crippen molar-refractivity contribution >= 4 is 10.9 Å². The smallest absolute Gasteiger partial charge is 0.333 e. The molecule has 4 rings (SSSR count). The molecule has 1 aromatic carbocycles. The number of benzene rings is 1. The number of aryl methyl sites for hydroxylation is 1. The third-order valence-corrected chi connectivity index (χ3v) is 5.17. The summed E-state index contributed by atoms with van der Waals surface area (Å²) in [7, 11) is 1.80. The van der Waals surface area contributed by atoms with Gasteiger partial charge in [-0.15, -0.1) is 0 Å². The van der Waals surface area contributed by atoms with Gasteiger partial charge in [0.25, 0.3) is 5.56 Å². The van der Waals surface area contributed by atoms with Crippen LogP contribution in [0.15, 0.2) is 46.1 Å². The molecule has 1 aliphatic heterocycles. The van der Waals surface area contributed by atoms with Crippen LogP contribution in [0.3, 0.4) is 0 Å². The zero-order chi connectivity index (χ0) is 20.0. The fourth-order valence-electron chi connectivity index (χ4n) is 3.63. The molecule has 3 heterocycles. The SMILES string of the molecule is Cn1nc(Cn2c(=O)ccn([C@@H]3O[C@H](CN)C(N)[C@@H]3O)c2=O)c2ccccc21. The van der Waals surface area contributed by atoms with E-state index >= 15 is 0 Å². The van der Waals surface area contributed by atoms with E-state index in [4.69, 9.17) is 16.2 Å². The summed E-state index contributed by atoms with van der Waals surface area (Å²) in [6, 6.07) is 8.10. The van der Waals surface area contributed by atoms with E-state index in [9.17, 15) is 14.7 Å². The number of aliphatic hydroxyl groups excluding tert-OH is 1. The van der Waals surface area contributed by atoms with Crippen LogP contribution in [0.4, 0.5) is 0 Å². The number of para-hydroxylation sites is 1. The first-order valence-corrected chi connectivity index (χ1v) is 8.94. The molecule has 28 heavy (non-hydrogen) atoms. The van der Waals surface area contributed by atoms with Gasteiger partial charge in [0, 0.05) is 31.2 Å². The Morgan fingerprint density at radius 3 is 2.71 bits per heavy atom. The Morgan fingerprint density at radius 1 is 1.25 bits per heavy atom. The van der Waals surface area contributed by atoms with E-state index in [2.05, 4.69) is 5.10 Å². The second-order valence-corrected chi connectivity index (χ2v) is 6.89. The topological polar surface area (TPSA) is 143 Å². The molecule has 0 spiro atoms. The summed E-state index contributed by atoms with van der Waals surface area (Å²) in [5.74, 6) is 0. The lowest BCUT2D eigenvalue weighted by atomic mass is 10.1. The van der Waals surface area contributed by atoms with Gasteiger partial charge in [-0.3, -0.25) is 18.6 Å². The summed E-state index contributed by atoms with van der Waals surface area (Å²) >= 11 is 0. The predicted molar refractivity (Wildman–Crippen MR) is 102 cm³/mol. The maximum Gasteiger partial charge on any atom is 0.333 e. The Labute approximate surface area is 159 Å². The molecule has 1 unspecified atom stereocenters. The van der Waals surface area contributed by atoms with Crippen LogP contribution < -0.4 is 22.7 Å². The van der Waals surface area contributed by atoms with Crippen molar-refractivity contribution in [1.29, 1.82) is 0 Å². The van der Waals surface area contributed by atoms with Crippen LogP contribution in [0.2, 0.25) is 0 Å². The summed E-state index contributed by atoms with van der Waals surface area (Å²) in [5, 5.41) is 15.7. The summed E-state index contributed by atoms with van der Waals surface area (Å²) in [5.41, 5.74) is 11.9. The van der Waals surface area contributed by atoms with Crippen LogP contribution in [-0.4, -0.2) is 48.8 Å². The minimum atomic E-state index is -1.12. The van der Waals surface area contributed by atoms with Crippen molar-refractivity contribution in [3.05, 3.63) is 63.1 Å². The highest BCUT2D eigenvalue weighted by molar-refractivity contribution is 5.81. The van der Waals surface area contributed by atoms with Crippen LogP contribution in [0.25, 0.3) is 10.9 Å². The number of fused-ring (bicyclic) bond motifs is 1. The maximum atomic E-state index is 13.0. The van der Waals surface area contributed by atoms with Gasteiger partial charge in [-0.05, 0) is 6.07 Å². The van der Waals surface area contributed by atoms with Gasteiger partial charge in [-0.1, -0.05) is 18.2 Å². The first-order chi connectivity index (χ1) is 13.4. The van der Waals surface area contributed by atoms with Gasteiger partial charge in [0.1, 0.15) is 6.10 Å². The Balaban J connectivity index is 1.76. The molecule has 0 bridgehead atoms. The van der Waals surface area contributed by atoms with Gasteiger partial charge in [0.15, 0.2) is 6.23 Å². The first kappa shape index (κ1) is 18.6. The van der Waals surface area contributed by atoms with E-state index < -0.39 is 35.7 Å². The molecule has 4 atom stereocenters. The van der Waals surface area contributed by atoms with Crippen molar-refractivity contribution < 1.29 is 9.84 Å². The number of ether oxygens (including phenoxy) is 1. The van der Waals surface area contributed by atoms with Crippen LogP contribution in [-0.2, 0) is 18.3 Å². The minimum Gasteiger partial charge on any atom is -0.387 e. The van der Waals surface area contributed by atoms with Crippen molar-refractivity contribution in [3.8, 4) is 0 Å². The van der Waals surface area contributed by atoms with Crippen molar-refractivity contribution in [1.82, 2.24) is 18.9 Å². The molecular weight excluding hydrogens is 364 g/mol. The van der Waals surface area contributed by atoms with Crippen molar-refractivity contribution in [2.45, 2.75) is 31.0 Å². The van der Waals surface area contributed by atoms with Gasteiger partial charge in [-0.2, -0.15) is 5.10 Å². The Bertz CT molecular complexity index is 1130. The summed E-state index contributed by atoms with van der Waals surface area (Å²) < 4.78 is 9.58. The van der Waals surface area contributed by atoms with Gasteiger partial charge in [0.2, 0.25) is 0 Å². The number of rotatable bonds is 4. The standard InChI is InChI=1S/C18H22N6O4/c1-22-12-5-3-2-4-10(12)11(21-22)9-24-14(25)6-7-23(18(24)27)17-16(26)15(20)13(8-19)28-17/h2-7,13,15-17,26H,8-9,19-20H2,1H3/t13-,15?,16+,17-/m1/s1. The second kappa shape index (κ2) is 6.99. The van der Waals surface area contributed by atoms with Gasteiger partial charge in [0.05, 0.1) is 29.9 Å². The lowest BCUT2D eigenvalue weighted by Crippen LogP contribution is -2.45. The largest absolute Gasteiger partial charge is 0.387 e. The van der Waals surface area contributed by atoms with E-state index in [1.807, 2.05) is 24.3 Å². The number of nitrogens with two attached hydrogens (primary N) is 2. The molecule has 2 aromatic heterocycles. The van der Waals surface area contributed by atoms with Gasteiger partial charge >= 0.3 is 5.69 Å². The van der Waals surface area contributed by atoms with E-state index in [0.717, 1.165) is 15.5 Å².